The van der Waals surface area contributed by atoms with Crippen LogP contribution in [-0.2, 0) is 15.0 Å². The van der Waals surface area contributed by atoms with Crippen molar-refractivity contribution in [2.24, 2.45) is 28.7 Å². The molecule has 4 unspecified atom stereocenters. The molecule has 1 aliphatic heterocycles. The molecule has 0 aromatic heterocycles. The quantitative estimate of drug-likeness (QED) is 0.179. The maximum Gasteiger partial charge on any atom is 0.233 e. The second-order valence-corrected chi connectivity index (χ2v) is 9.31. The Morgan fingerprint density at radius 1 is 1.12 bits per heavy atom. The molecule has 174 valence electrons. The first-order chi connectivity index (χ1) is 14.8. The number of nitrogens with one attached hydrogen (secondary N) is 2. The molecule has 6 nitrogen and oxygen atoms in total. The topological polar surface area (TPSA) is 73.8 Å². The van der Waals surface area contributed by atoms with E-state index in [0.29, 0.717) is 37.7 Å². The molecule has 8 heteroatoms. The highest BCUT2D eigenvalue weighted by atomic mass is 127. The van der Waals surface area contributed by atoms with Gasteiger partial charge in [0.25, 0.3) is 0 Å². The predicted octanol–water partition coefficient (Wildman–Crippen LogP) is 3.08. The molecule has 0 spiro atoms. The van der Waals surface area contributed by atoms with Crippen LogP contribution in [0.4, 0.5) is 4.39 Å². The van der Waals surface area contributed by atoms with Crippen LogP contribution in [-0.4, -0.2) is 48.9 Å². The van der Waals surface area contributed by atoms with Crippen molar-refractivity contribution in [3.8, 4) is 0 Å². The van der Waals surface area contributed by atoms with Crippen LogP contribution >= 0.6 is 24.0 Å². The first-order valence-electron chi connectivity index (χ1n) is 11.1. The van der Waals surface area contributed by atoms with Crippen molar-refractivity contribution < 1.29 is 14.0 Å². The Balaban J connectivity index is 0.00000289. The predicted molar refractivity (Wildman–Crippen MR) is 133 cm³/mol. The van der Waals surface area contributed by atoms with Gasteiger partial charge < -0.3 is 10.6 Å². The smallest absolute Gasteiger partial charge is 0.233 e. The molecule has 2 fully saturated rings. The molecule has 1 saturated heterocycles. The Bertz CT molecular complexity index is 902. The first-order valence-corrected chi connectivity index (χ1v) is 11.1. The molecule has 0 radical (unpaired) electrons. The van der Waals surface area contributed by atoms with Crippen LogP contribution in [0.2, 0.25) is 0 Å². The lowest BCUT2D eigenvalue weighted by molar-refractivity contribution is -0.140. The van der Waals surface area contributed by atoms with Gasteiger partial charge in [0.15, 0.2) is 5.96 Å². The molecule has 1 aromatic rings. The molecule has 4 rings (SSSR count). The van der Waals surface area contributed by atoms with E-state index in [9.17, 15) is 14.0 Å². The minimum atomic E-state index is -0.474. The number of halogens is 2. The van der Waals surface area contributed by atoms with Gasteiger partial charge in [-0.25, -0.2) is 4.39 Å². The number of aliphatic imine (C=N–C) groups is 1. The molecule has 1 aromatic carbocycles. The Kier molecular flexibility index (Phi) is 7.62. The maximum atomic E-state index is 14.2. The average molecular weight is 554 g/mol. The zero-order valence-electron chi connectivity index (χ0n) is 18.8. The number of rotatable bonds is 7. The van der Waals surface area contributed by atoms with Crippen LogP contribution in [0.3, 0.4) is 0 Å². The number of amides is 2. The highest BCUT2D eigenvalue weighted by molar-refractivity contribution is 14.0. The van der Waals surface area contributed by atoms with Gasteiger partial charge in [0, 0.05) is 25.0 Å². The van der Waals surface area contributed by atoms with Gasteiger partial charge in [-0.05, 0) is 36.8 Å². The van der Waals surface area contributed by atoms with Gasteiger partial charge in [-0.1, -0.05) is 44.2 Å². The maximum absolute atomic E-state index is 14.2. The molecule has 32 heavy (non-hydrogen) atoms. The molecule has 2 aliphatic carbocycles. The average Bonchev–Trinajstić information content (AvgIpc) is 3.42. The van der Waals surface area contributed by atoms with Crippen molar-refractivity contribution in [1.82, 2.24) is 15.5 Å². The van der Waals surface area contributed by atoms with Gasteiger partial charge >= 0.3 is 0 Å². The summed E-state index contributed by atoms with van der Waals surface area (Å²) < 4.78 is 14.2. The number of imide groups is 1. The van der Waals surface area contributed by atoms with Crippen LogP contribution < -0.4 is 10.6 Å². The summed E-state index contributed by atoms with van der Waals surface area (Å²) in [6, 6.07) is 6.76. The van der Waals surface area contributed by atoms with E-state index in [1.165, 1.54) is 11.0 Å². The molecule has 1 saturated carbocycles. The monoisotopic (exact) mass is 554 g/mol. The molecule has 3 aliphatic rings. The minimum Gasteiger partial charge on any atom is -0.357 e. The zero-order chi connectivity index (χ0) is 22.2. The molecule has 2 N–H and O–H groups in total. The molecular formula is C24H32FIN4O2. The third-order valence-corrected chi connectivity index (χ3v) is 6.77. The van der Waals surface area contributed by atoms with E-state index in [1.807, 2.05) is 26.8 Å². The number of nitrogens with zero attached hydrogens (tertiary/aromatic N) is 2. The molecular weight excluding hydrogens is 522 g/mol. The highest BCUT2D eigenvalue weighted by Gasteiger charge is 2.58. The Hall–Kier alpha value is -1.97. The van der Waals surface area contributed by atoms with Crippen molar-refractivity contribution in [3.63, 3.8) is 0 Å². The van der Waals surface area contributed by atoms with Gasteiger partial charge in [0.05, 0.1) is 18.4 Å². The fourth-order valence-corrected chi connectivity index (χ4v) is 5.18. The van der Waals surface area contributed by atoms with Gasteiger partial charge in [-0.3, -0.25) is 19.5 Å². The van der Waals surface area contributed by atoms with Crippen molar-refractivity contribution in [3.05, 3.63) is 47.8 Å². The van der Waals surface area contributed by atoms with E-state index in [0.717, 1.165) is 6.42 Å². The summed E-state index contributed by atoms with van der Waals surface area (Å²) in [6.45, 7) is 7.70. The number of guanidine groups is 1. The second kappa shape index (κ2) is 9.89. The molecule has 1 heterocycles. The number of fused-ring (bicyclic) bond motifs is 5. The summed E-state index contributed by atoms with van der Waals surface area (Å²) in [7, 11) is 0. The lowest BCUT2D eigenvalue weighted by Crippen LogP contribution is -2.44. The lowest BCUT2D eigenvalue weighted by atomic mass is 9.84. The Morgan fingerprint density at radius 2 is 1.75 bits per heavy atom. The lowest BCUT2D eigenvalue weighted by Gasteiger charge is -2.24. The fraction of sp³-hybridized carbons (Fsp3) is 0.542. The largest absolute Gasteiger partial charge is 0.357 e. The highest BCUT2D eigenvalue weighted by Crippen LogP contribution is 2.52. The fourth-order valence-electron chi connectivity index (χ4n) is 5.18. The summed E-state index contributed by atoms with van der Waals surface area (Å²) in [4.78, 5) is 31.6. The van der Waals surface area contributed by atoms with Crippen LogP contribution in [0.25, 0.3) is 0 Å². The van der Waals surface area contributed by atoms with Crippen LogP contribution in [0, 0.1) is 29.5 Å². The number of likely N-dealkylation sites (tertiary alicyclic amines) is 1. The van der Waals surface area contributed by atoms with Gasteiger partial charge in [0.2, 0.25) is 11.8 Å². The summed E-state index contributed by atoms with van der Waals surface area (Å²) >= 11 is 0. The molecule has 4 atom stereocenters. The molecule has 2 amide bonds. The van der Waals surface area contributed by atoms with Crippen molar-refractivity contribution in [1.29, 1.82) is 0 Å². The second-order valence-electron chi connectivity index (χ2n) is 9.31. The van der Waals surface area contributed by atoms with Crippen molar-refractivity contribution in [2.75, 3.05) is 26.2 Å². The standard InChI is InChI=1S/C24H31FN4O2.HI/c1-4-26-23(28-14-24(2,3)17-7-5-6-8-18(17)25)27-11-12-29-21(30)19-15-9-10-16(13-15)20(19)22(29)31;/h5-10,15-16,19-20H,4,11-14H2,1-3H3,(H2,26,27,28);1H. The summed E-state index contributed by atoms with van der Waals surface area (Å²) in [6.07, 6.45) is 5.14. The van der Waals surface area contributed by atoms with E-state index in [-0.39, 0.29) is 65.3 Å². The van der Waals surface area contributed by atoms with E-state index in [4.69, 9.17) is 0 Å². The third kappa shape index (κ3) is 4.56. The van der Waals surface area contributed by atoms with Crippen molar-refractivity contribution in [2.45, 2.75) is 32.6 Å². The van der Waals surface area contributed by atoms with E-state index in [1.54, 1.807) is 12.1 Å². The van der Waals surface area contributed by atoms with Crippen LogP contribution in [0.1, 0.15) is 32.8 Å². The number of allylic oxidation sites excluding steroid dienone is 2. The number of carbonyl (C=O) groups is 2. The number of hydrogen-bond donors (Lipinski definition) is 2. The SMILES string of the molecule is CCNC(=NCC(C)(C)c1ccccc1F)NCCN1C(=O)C2C3C=CC(C3)C2C1=O.I. The summed E-state index contributed by atoms with van der Waals surface area (Å²) in [5, 5.41) is 6.39. The minimum absolute atomic E-state index is 0. The summed E-state index contributed by atoms with van der Waals surface area (Å²) in [5.41, 5.74) is 0.149. The molecule has 2 bridgehead atoms. The third-order valence-electron chi connectivity index (χ3n) is 6.77. The van der Waals surface area contributed by atoms with Gasteiger partial charge in [-0.2, -0.15) is 0 Å². The van der Waals surface area contributed by atoms with E-state index >= 15 is 0 Å². The Labute approximate surface area is 206 Å². The van der Waals surface area contributed by atoms with Crippen molar-refractivity contribution >= 4 is 41.8 Å². The van der Waals surface area contributed by atoms with Gasteiger partial charge in [-0.15, -0.1) is 24.0 Å². The van der Waals surface area contributed by atoms with E-state index < -0.39 is 5.41 Å². The summed E-state index contributed by atoms with van der Waals surface area (Å²) in [5.74, 6) is 0.422. The number of carbonyl (C=O) groups excluding carboxylic acids is 2. The normalized spacial score (nSPS) is 26.4. The zero-order valence-corrected chi connectivity index (χ0v) is 21.1. The van der Waals surface area contributed by atoms with Crippen LogP contribution in [0.15, 0.2) is 41.4 Å². The number of hydrogen-bond acceptors (Lipinski definition) is 3. The van der Waals surface area contributed by atoms with Gasteiger partial charge in [0.1, 0.15) is 5.82 Å². The first kappa shape index (κ1) is 24.7. The Morgan fingerprint density at radius 3 is 2.34 bits per heavy atom. The number of benzene rings is 1. The van der Waals surface area contributed by atoms with Crippen LogP contribution in [0.5, 0.6) is 0 Å². The van der Waals surface area contributed by atoms with E-state index in [2.05, 4.69) is 27.8 Å².